The van der Waals surface area contributed by atoms with Gasteiger partial charge in [-0.15, -0.1) is 0 Å². The Hall–Kier alpha value is -0.0800. The molecule has 1 saturated carbocycles. The molecule has 4 atom stereocenters. The fourth-order valence-corrected chi connectivity index (χ4v) is 3.32. The Kier molecular flexibility index (Phi) is 7.14. The van der Waals surface area contributed by atoms with Crippen LogP contribution in [0.1, 0.15) is 65.7 Å². The van der Waals surface area contributed by atoms with Crippen molar-refractivity contribution in [2.45, 2.75) is 77.9 Å². The first-order chi connectivity index (χ1) is 8.24. The molecule has 0 spiro atoms. The second-order valence-electron chi connectivity index (χ2n) is 5.39. The van der Waals surface area contributed by atoms with Gasteiger partial charge in [-0.05, 0) is 31.6 Å². The fourth-order valence-electron chi connectivity index (χ4n) is 3.32. The largest absolute Gasteiger partial charge is 0.390 e. The van der Waals surface area contributed by atoms with E-state index in [2.05, 4.69) is 13.8 Å². The van der Waals surface area contributed by atoms with E-state index >= 15 is 0 Å². The molecule has 0 aromatic rings. The first-order valence-corrected chi connectivity index (χ1v) is 7.54. The van der Waals surface area contributed by atoms with E-state index in [0.29, 0.717) is 18.4 Å². The lowest BCUT2D eigenvalue weighted by molar-refractivity contribution is -0.0811. The molecule has 1 rings (SSSR count). The molecule has 0 amide bonds. The minimum atomic E-state index is -0.250. The maximum atomic E-state index is 10.6. The summed E-state index contributed by atoms with van der Waals surface area (Å²) in [6.45, 7) is 7.15. The van der Waals surface area contributed by atoms with E-state index < -0.39 is 0 Å². The molecule has 2 nitrogen and oxygen atoms in total. The third-order valence-corrected chi connectivity index (χ3v) is 4.27. The van der Waals surface area contributed by atoms with E-state index in [9.17, 15) is 5.11 Å². The molecule has 1 fully saturated rings. The molecule has 0 saturated heterocycles. The topological polar surface area (TPSA) is 29.5 Å². The Morgan fingerprint density at radius 1 is 1.18 bits per heavy atom. The van der Waals surface area contributed by atoms with Crippen LogP contribution < -0.4 is 0 Å². The van der Waals surface area contributed by atoms with Gasteiger partial charge in [-0.25, -0.2) is 0 Å². The molecule has 0 aliphatic heterocycles. The van der Waals surface area contributed by atoms with Crippen molar-refractivity contribution in [3.8, 4) is 0 Å². The highest BCUT2D eigenvalue weighted by molar-refractivity contribution is 4.84. The molecular weight excluding hydrogens is 212 g/mol. The van der Waals surface area contributed by atoms with Crippen LogP contribution in [0, 0.1) is 11.8 Å². The Balaban J connectivity index is 2.59. The molecule has 4 unspecified atom stereocenters. The van der Waals surface area contributed by atoms with Crippen LogP contribution in [0.4, 0.5) is 0 Å². The minimum Gasteiger partial charge on any atom is -0.390 e. The quantitative estimate of drug-likeness (QED) is 0.736. The number of ether oxygens (including phenoxy) is 1. The zero-order chi connectivity index (χ0) is 12.7. The van der Waals surface area contributed by atoms with Crippen LogP contribution in [0.3, 0.4) is 0 Å². The van der Waals surface area contributed by atoms with Crippen LogP contribution in [-0.2, 0) is 4.74 Å². The van der Waals surface area contributed by atoms with Gasteiger partial charge in [0.2, 0.25) is 0 Å². The highest BCUT2D eigenvalue weighted by Crippen LogP contribution is 2.36. The average Bonchev–Trinajstić information content (AvgIpc) is 2.37. The lowest BCUT2D eigenvalue weighted by Gasteiger charge is -2.37. The van der Waals surface area contributed by atoms with Crippen LogP contribution in [0.5, 0.6) is 0 Å². The maximum Gasteiger partial charge on any atom is 0.0836 e. The molecule has 0 radical (unpaired) electrons. The van der Waals surface area contributed by atoms with Gasteiger partial charge in [-0.3, -0.25) is 0 Å². The van der Waals surface area contributed by atoms with Gasteiger partial charge in [0, 0.05) is 6.61 Å². The predicted octanol–water partition coefficient (Wildman–Crippen LogP) is 3.77. The number of rotatable bonds is 7. The highest BCUT2D eigenvalue weighted by Gasteiger charge is 2.34. The minimum absolute atomic E-state index is 0.0575. The van der Waals surface area contributed by atoms with Crippen molar-refractivity contribution in [1.29, 1.82) is 0 Å². The summed E-state index contributed by atoms with van der Waals surface area (Å²) in [5, 5.41) is 10.6. The van der Waals surface area contributed by atoms with Crippen molar-refractivity contribution in [3.05, 3.63) is 0 Å². The second-order valence-corrected chi connectivity index (χ2v) is 5.39. The van der Waals surface area contributed by atoms with Gasteiger partial charge >= 0.3 is 0 Å². The summed E-state index contributed by atoms with van der Waals surface area (Å²) in [6.07, 6.45) is 8.19. The summed E-state index contributed by atoms with van der Waals surface area (Å²) in [5.41, 5.74) is 0. The molecule has 2 heteroatoms. The van der Waals surface area contributed by atoms with Crippen LogP contribution in [0.15, 0.2) is 0 Å². The lowest BCUT2D eigenvalue weighted by Crippen LogP contribution is -2.40. The van der Waals surface area contributed by atoms with Gasteiger partial charge in [0.15, 0.2) is 0 Å². The van der Waals surface area contributed by atoms with E-state index in [4.69, 9.17) is 4.74 Å². The smallest absolute Gasteiger partial charge is 0.0836 e. The van der Waals surface area contributed by atoms with Crippen LogP contribution in [0.25, 0.3) is 0 Å². The molecule has 1 N–H and O–H groups in total. The van der Waals surface area contributed by atoms with Gasteiger partial charge < -0.3 is 9.84 Å². The summed E-state index contributed by atoms with van der Waals surface area (Å²) < 4.78 is 5.74. The third-order valence-electron chi connectivity index (χ3n) is 4.27. The zero-order valence-corrected chi connectivity index (χ0v) is 11.8. The molecule has 102 valence electrons. The van der Waals surface area contributed by atoms with E-state index in [1.165, 1.54) is 32.1 Å². The van der Waals surface area contributed by atoms with Crippen molar-refractivity contribution in [2.24, 2.45) is 11.8 Å². The zero-order valence-electron chi connectivity index (χ0n) is 11.8. The Bertz CT molecular complexity index is 187. The molecule has 1 aliphatic rings. The van der Waals surface area contributed by atoms with Crippen LogP contribution in [-0.4, -0.2) is 23.9 Å². The average molecular weight is 242 g/mol. The predicted molar refractivity (Wildman–Crippen MR) is 72.1 cm³/mol. The Labute approximate surface area is 107 Å². The van der Waals surface area contributed by atoms with Gasteiger partial charge in [0.25, 0.3) is 0 Å². The van der Waals surface area contributed by atoms with Crippen molar-refractivity contribution < 1.29 is 9.84 Å². The maximum absolute atomic E-state index is 10.6. The molecule has 1 aliphatic carbocycles. The molecule has 0 aromatic carbocycles. The first kappa shape index (κ1) is 15.0. The van der Waals surface area contributed by atoms with Crippen molar-refractivity contribution >= 4 is 0 Å². The monoisotopic (exact) mass is 242 g/mol. The highest BCUT2D eigenvalue weighted by atomic mass is 16.5. The van der Waals surface area contributed by atoms with Gasteiger partial charge in [0.05, 0.1) is 12.2 Å². The Morgan fingerprint density at radius 2 is 1.88 bits per heavy atom. The molecule has 0 aromatic heterocycles. The second kappa shape index (κ2) is 8.10. The van der Waals surface area contributed by atoms with E-state index in [-0.39, 0.29) is 12.2 Å². The van der Waals surface area contributed by atoms with Gasteiger partial charge in [-0.1, -0.05) is 46.0 Å². The summed E-state index contributed by atoms with van der Waals surface area (Å²) in [4.78, 5) is 0. The van der Waals surface area contributed by atoms with E-state index in [0.717, 1.165) is 12.8 Å². The van der Waals surface area contributed by atoms with Gasteiger partial charge in [-0.2, -0.15) is 0 Å². The Morgan fingerprint density at radius 3 is 2.47 bits per heavy atom. The van der Waals surface area contributed by atoms with Crippen molar-refractivity contribution in [1.82, 2.24) is 0 Å². The van der Waals surface area contributed by atoms with E-state index in [1.807, 2.05) is 6.92 Å². The number of aliphatic hydroxyl groups excluding tert-OH is 1. The molecule has 17 heavy (non-hydrogen) atoms. The van der Waals surface area contributed by atoms with Gasteiger partial charge in [0.1, 0.15) is 0 Å². The van der Waals surface area contributed by atoms with Crippen LogP contribution >= 0.6 is 0 Å². The fraction of sp³-hybridized carbons (Fsp3) is 1.00. The normalized spacial score (nSPS) is 28.9. The molecular formula is C15H30O2. The summed E-state index contributed by atoms with van der Waals surface area (Å²) >= 11 is 0. The summed E-state index contributed by atoms with van der Waals surface area (Å²) in [6, 6.07) is 0. The number of hydrogen-bond acceptors (Lipinski definition) is 2. The molecule has 0 heterocycles. The van der Waals surface area contributed by atoms with Crippen molar-refractivity contribution in [3.63, 3.8) is 0 Å². The van der Waals surface area contributed by atoms with Crippen molar-refractivity contribution in [2.75, 3.05) is 6.61 Å². The first-order valence-electron chi connectivity index (χ1n) is 7.54. The summed E-state index contributed by atoms with van der Waals surface area (Å²) in [7, 11) is 0. The molecule has 0 bridgehead atoms. The van der Waals surface area contributed by atoms with E-state index in [1.54, 1.807) is 0 Å². The lowest BCUT2D eigenvalue weighted by atomic mass is 9.73. The number of hydrogen-bond donors (Lipinski definition) is 1. The number of aliphatic hydroxyl groups is 1. The SMILES string of the molecule is CCCC(OCC)C(O)C1CCCCC1CC. The standard InChI is InChI=1S/C15H30O2/c1-4-9-14(17-6-3)15(16)13-11-8-7-10-12(13)5-2/h12-16H,4-11H2,1-3H3. The van der Waals surface area contributed by atoms with Crippen LogP contribution in [0.2, 0.25) is 0 Å². The summed E-state index contributed by atoms with van der Waals surface area (Å²) in [5.74, 6) is 1.18. The third kappa shape index (κ3) is 4.26.